The quantitative estimate of drug-likeness (QED) is 0.536. The van der Waals surface area contributed by atoms with E-state index in [-0.39, 0.29) is 5.92 Å². The molecule has 0 aromatic rings. The van der Waals surface area contributed by atoms with Gasteiger partial charge >= 0.3 is 0 Å². The van der Waals surface area contributed by atoms with E-state index in [2.05, 4.69) is 0 Å². The van der Waals surface area contributed by atoms with Crippen molar-refractivity contribution in [2.75, 3.05) is 0 Å². The molecule has 1 aliphatic carbocycles. The second kappa shape index (κ2) is 3.27. The lowest BCUT2D eigenvalue weighted by molar-refractivity contribution is 0.626. The summed E-state index contributed by atoms with van der Waals surface area (Å²) in [5, 5.41) is 0. The van der Waals surface area contributed by atoms with Crippen LogP contribution in [0.2, 0.25) is 0 Å². The van der Waals surface area contributed by atoms with Gasteiger partial charge in [0.05, 0.1) is 4.86 Å². The summed E-state index contributed by atoms with van der Waals surface area (Å²) in [7, 11) is -2.07. The van der Waals surface area contributed by atoms with Gasteiger partial charge in [-0.1, -0.05) is 24.6 Å². The Morgan fingerprint density at radius 1 is 1.33 bits per heavy atom. The first-order chi connectivity index (χ1) is 5.52. The van der Waals surface area contributed by atoms with E-state index >= 15 is 0 Å². The van der Waals surface area contributed by atoms with E-state index < -0.39 is 10.3 Å². The van der Waals surface area contributed by atoms with Gasteiger partial charge in [-0.15, -0.1) is 0 Å². The monoisotopic (exact) mass is 184 g/mol. The van der Waals surface area contributed by atoms with E-state index in [0.717, 1.165) is 11.1 Å². The normalized spacial score (nSPS) is 23.2. The van der Waals surface area contributed by atoms with Crippen molar-refractivity contribution < 1.29 is 8.42 Å². The average molecular weight is 184 g/mol. The van der Waals surface area contributed by atoms with Gasteiger partial charge in [-0.2, -0.15) is 8.42 Å². The predicted octanol–water partition coefficient (Wildman–Crippen LogP) is 1.58. The highest BCUT2D eigenvalue weighted by atomic mass is 32.2. The predicted molar refractivity (Wildman–Crippen MR) is 50.6 cm³/mol. The van der Waals surface area contributed by atoms with Crippen molar-refractivity contribution in [2.45, 2.75) is 20.8 Å². The summed E-state index contributed by atoms with van der Waals surface area (Å²) < 4.78 is 21.5. The lowest BCUT2D eigenvalue weighted by Crippen LogP contribution is -2.15. The maximum absolute atomic E-state index is 10.8. The molecule has 1 rings (SSSR count). The highest BCUT2D eigenvalue weighted by molar-refractivity contribution is 7.73. The third-order valence-electron chi connectivity index (χ3n) is 1.94. The van der Waals surface area contributed by atoms with Crippen molar-refractivity contribution in [3.8, 4) is 0 Å². The van der Waals surface area contributed by atoms with Gasteiger partial charge in [-0.3, -0.25) is 0 Å². The van der Waals surface area contributed by atoms with Gasteiger partial charge in [0.15, 0.2) is 0 Å². The molecule has 0 aromatic heterocycles. The maximum Gasteiger partial charge on any atom is 0.218 e. The van der Waals surface area contributed by atoms with Gasteiger partial charge in [-0.25, -0.2) is 0 Å². The van der Waals surface area contributed by atoms with Crippen LogP contribution in [0.1, 0.15) is 20.8 Å². The molecule has 3 heteroatoms. The van der Waals surface area contributed by atoms with E-state index in [9.17, 15) is 8.42 Å². The molecule has 12 heavy (non-hydrogen) atoms. The molecule has 1 aliphatic rings. The third-order valence-corrected chi connectivity index (χ3v) is 2.99. The van der Waals surface area contributed by atoms with Gasteiger partial charge in [0.1, 0.15) is 0 Å². The summed E-state index contributed by atoms with van der Waals surface area (Å²) >= 11 is 0. The molecule has 0 radical (unpaired) electrons. The van der Waals surface area contributed by atoms with E-state index in [1.807, 2.05) is 32.9 Å². The maximum atomic E-state index is 10.8. The number of hydrogen-bond donors (Lipinski definition) is 0. The molecule has 2 nitrogen and oxygen atoms in total. The average Bonchev–Trinajstić information content (AvgIpc) is 1.82. The van der Waals surface area contributed by atoms with Crippen molar-refractivity contribution in [3.63, 3.8) is 0 Å². The van der Waals surface area contributed by atoms with E-state index in [1.54, 1.807) is 0 Å². The lowest BCUT2D eigenvalue weighted by atomic mass is 9.93. The van der Waals surface area contributed by atoms with Crippen molar-refractivity contribution >= 4 is 15.2 Å². The van der Waals surface area contributed by atoms with Gasteiger partial charge in [-0.05, 0) is 19.4 Å². The van der Waals surface area contributed by atoms with E-state index in [0.29, 0.717) is 4.86 Å². The third kappa shape index (κ3) is 1.67. The molecule has 0 aliphatic heterocycles. The minimum absolute atomic E-state index is 0.0216. The highest BCUT2D eigenvalue weighted by Gasteiger charge is 2.15. The molecule has 0 bridgehead atoms. The molecule has 0 N–H and O–H groups in total. The molecule has 1 unspecified atom stereocenters. The zero-order chi connectivity index (χ0) is 9.30. The van der Waals surface area contributed by atoms with Crippen molar-refractivity contribution in [1.82, 2.24) is 0 Å². The fourth-order valence-corrected chi connectivity index (χ4v) is 2.27. The Hall–Kier alpha value is -0.830. The van der Waals surface area contributed by atoms with Crippen LogP contribution in [-0.4, -0.2) is 13.3 Å². The standard InChI is InChI=1S/C9H12O2S/c1-6-4-7(2)9(12(10)11)8(3)5-6/h4-5,7H,1-3H3. The van der Waals surface area contributed by atoms with Crippen LogP contribution in [0.4, 0.5) is 0 Å². The van der Waals surface area contributed by atoms with Gasteiger partial charge in [0.2, 0.25) is 10.3 Å². The molecular weight excluding hydrogens is 172 g/mol. The van der Waals surface area contributed by atoms with Crippen LogP contribution in [0, 0.1) is 5.92 Å². The van der Waals surface area contributed by atoms with Crippen molar-refractivity contribution in [1.29, 1.82) is 0 Å². The Morgan fingerprint density at radius 3 is 2.33 bits per heavy atom. The van der Waals surface area contributed by atoms with Crippen LogP contribution in [0.3, 0.4) is 0 Å². The molecule has 0 aromatic carbocycles. The first kappa shape index (κ1) is 9.26. The minimum Gasteiger partial charge on any atom is -0.184 e. The SMILES string of the molecule is CC1=CC(C)C(=S(=O)=O)C(C)=C1. The molecule has 0 fully saturated rings. The van der Waals surface area contributed by atoms with Crippen LogP contribution in [0.25, 0.3) is 0 Å². The molecule has 0 amide bonds. The zero-order valence-corrected chi connectivity index (χ0v) is 8.27. The van der Waals surface area contributed by atoms with Crippen molar-refractivity contribution in [3.05, 3.63) is 23.3 Å². The van der Waals surface area contributed by atoms with Crippen molar-refractivity contribution in [2.24, 2.45) is 5.92 Å². The fourth-order valence-electron chi connectivity index (χ4n) is 1.57. The minimum atomic E-state index is -2.07. The first-order valence-electron chi connectivity index (χ1n) is 3.85. The second-order valence-corrected chi connectivity index (χ2v) is 4.03. The smallest absolute Gasteiger partial charge is 0.184 e. The molecule has 66 valence electrons. The number of hydrogen-bond acceptors (Lipinski definition) is 2. The fraction of sp³-hybridized carbons (Fsp3) is 0.444. The molecule has 0 spiro atoms. The Morgan fingerprint density at radius 2 is 1.92 bits per heavy atom. The van der Waals surface area contributed by atoms with E-state index in [4.69, 9.17) is 0 Å². The molecular formula is C9H12O2S. The number of rotatable bonds is 0. The largest absolute Gasteiger partial charge is 0.218 e. The zero-order valence-electron chi connectivity index (χ0n) is 7.46. The highest BCUT2D eigenvalue weighted by Crippen LogP contribution is 2.18. The van der Waals surface area contributed by atoms with Crippen LogP contribution in [0.15, 0.2) is 23.3 Å². The van der Waals surface area contributed by atoms with E-state index in [1.165, 1.54) is 0 Å². The summed E-state index contributed by atoms with van der Waals surface area (Å²) in [6.45, 7) is 5.70. The Kier molecular flexibility index (Phi) is 2.52. The van der Waals surface area contributed by atoms with Gasteiger partial charge in [0.25, 0.3) is 0 Å². The Balaban J connectivity index is 3.31. The summed E-state index contributed by atoms with van der Waals surface area (Å²) in [4.78, 5) is 0.514. The summed E-state index contributed by atoms with van der Waals surface area (Å²) in [6.07, 6.45) is 3.85. The molecule has 0 saturated heterocycles. The van der Waals surface area contributed by atoms with Crippen LogP contribution in [0.5, 0.6) is 0 Å². The Labute approximate surface area is 74.1 Å². The van der Waals surface area contributed by atoms with Gasteiger partial charge in [0, 0.05) is 5.92 Å². The lowest BCUT2D eigenvalue weighted by Gasteiger charge is -2.14. The first-order valence-corrected chi connectivity index (χ1v) is 4.93. The topological polar surface area (TPSA) is 34.1 Å². The van der Waals surface area contributed by atoms with Crippen LogP contribution < -0.4 is 0 Å². The van der Waals surface area contributed by atoms with Crippen LogP contribution in [-0.2, 0) is 10.3 Å². The summed E-state index contributed by atoms with van der Waals surface area (Å²) in [6, 6.07) is 0. The molecule has 0 heterocycles. The second-order valence-electron chi connectivity index (χ2n) is 3.13. The molecule has 0 saturated carbocycles. The molecule has 1 atom stereocenters. The number of allylic oxidation sites excluding steroid dienone is 4. The summed E-state index contributed by atoms with van der Waals surface area (Å²) in [5.41, 5.74) is 1.99. The van der Waals surface area contributed by atoms with Crippen LogP contribution >= 0.6 is 0 Å². The van der Waals surface area contributed by atoms with Gasteiger partial charge < -0.3 is 0 Å². The summed E-state index contributed by atoms with van der Waals surface area (Å²) in [5.74, 6) is 0.0216. The Bertz CT molecular complexity index is 375.